The van der Waals surface area contributed by atoms with Crippen LogP contribution in [0.15, 0.2) is 6.07 Å². The lowest BCUT2D eigenvalue weighted by Gasteiger charge is -2.39. The van der Waals surface area contributed by atoms with Gasteiger partial charge in [-0.25, -0.2) is 14.8 Å². The predicted molar refractivity (Wildman–Crippen MR) is 81.7 cm³/mol. The monoisotopic (exact) mass is 311 g/mol. The first kappa shape index (κ1) is 16.0. The molecule has 1 aliphatic rings. The number of ether oxygens (including phenoxy) is 1. The van der Waals surface area contributed by atoms with E-state index in [1.54, 1.807) is 11.0 Å². The zero-order chi connectivity index (χ0) is 15.8. The van der Waals surface area contributed by atoms with E-state index in [-0.39, 0.29) is 17.9 Å². The van der Waals surface area contributed by atoms with Crippen molar-refractivity contribution in [3.8, 4) is 0 Å². The van der Waals surface area contributed by atoms with Crippen LogP contribution in [0.4, 0.5) is 4.79 Å². The van der Waals surface area contributed by atoms with Crippen LogP contribution in [-0.4, -0.2) is 39.7 Å². The first-order valence-corrected chi connectivity index (χ1v) is 7.56. The molecule has 1 aromatic heterocycles. The Labute approximate surface area is 130 Å². The molecule has 5 nitrogen and oxygen atoms in total. The van der Waals surface area contributed by atoms with Gasteiger partial charge in [0.25, 0.3) is 0 Å². The SMILES string of the molecule is CC(C)c1nc(Cl)cc(C2CN(C(=O)OC(C)(C)C)C2)n1. The van der Waals surface area contributed by atoms with E-state index < -0.39 is 5.60 Å². The van der Waals surface area contributed by atoms with Gasteiger partial charge in [-0.05, 0) is 26.8 Å². The highest BCUT2D eigenvalue weighted by atomic mass is 35.5. The lowest BCUT2D eigenvalue weighted by atomic mass is 9.96. The Morgan fingerprint density at radius 1 is 1.38 bits per heavy atom. The number of amides is 1. The van der Waals surface area contributed by atoms with Gasteiger partial charge in [0, 0.05) is 24.9 Å². The molecular formula is C15H22ClN3O2. The van der Waals surface area contributed by atoms with Crippen LogP contribution in [-0.2, 0) is 4.74 Å². The maximum absolute atomic E-state index is 11.9. The molecule has 1 saturated heterocycles. The maximum atomic E-state index is 11.9. The van der Waals surface area contributed by atoms with Gasteiger partial charge in [0.05, 0.1) is 5.69 Å². The first-order chi connectivity index (χ1) is 9.65. The fraction of sp³-hybridized carbons (Fsp3) is 0.667. The number of likely N-dealkylation sites (tertiary alicyclic amines) is 1. The van der Waals surface area contributed by atoms with Gasteiger partial charge < -0.3 is 9.64 Å². The zero-order valence-corrected chi connectivity index (χ0v) is 13.9. The van der Waals surface area contributed by atoms with Crippen molar-refractivity contribution >= 4 is 17.7 Å². The highest BCUT2D eigenvalue weighted by molar-refractivity contribution is 6.29. The molecule has 1 aromatic rings. The van der Waals surface area contributed by atoms with E-state index in [0.29, 0.717) is 18.2 Å². The van der Waals surface area contributed by atoms with Crippen LogP contribution in [0.2, 0.25) is 5.15 Å². The number of carbonyl (C=O) groups excluding carboxylic acids is 1. The highest BCUT2D eigenvalue weighted by Crippen LogP contribution is 2.29. The third-order valence-corrected chi connectivity index (χ3v) is 3.39. The first-order valence-electron chi connectivity index (χ1n) is 7.18. The minimum atomic E-state index is -0.467. The molecule has 0 spiro atoms. The third kappa shape index (κ3) is 4.06. The normalized spacial score (nSPS) is 16.0. The fourth-order valence-electron chi connectivity index (χ4n) is 2.06. The molecule has 0 bridgehead atoms. The summed E-state index contributed by atoms with van der Waals surface area (Å²) in [5.41, 5.74) is 0.434. The highest BCUT2D eigenvalue weighted by Gasteiger charge is 2.35. The number of hydrogen-bond donors (Lipinski definition) is 0. The molecule has 116 valence electrons. The van der Waals surface area contributed by atoms with Crippen molar-refractivity contribution in [3.63, 3.8) is 0 Å². The number of halogens is 1. The molecule has 2 heterocycles. The van der Waals surface area contributed by atoms with E-state index in [1.165, 1.54) is 0 Å². The van der Waals surface area contributed by atoms with Gasteiger partial charge in [0.15, 0.2) is 0 Å². The lowest BCUT2D eigenvalue weighted by molar-refractivity contribution is 0.00785. The van der Waals surface area contributed by atoms with Crippen LogP contribution >= 0.6 is 11.6 Å². The fourth-order valence-corrected chi connectivity index (χ4v) is 2.26. The van der Waals surface area contributed by atoms with Crippen LogP contribution in [0.5, 0.6) is 0 Å². The van der Waals surface area contributed by atoms with E-state index in [9.17, 15) is 4.79 Å². The molecule has 0 unspecified atom stereocenters. The van der Waals surface area contributed by atoms with Crippen molar-refractivity contribution < 1.29 is 9.53 Å². The zero-order valence-electron chi connectivity index (χ0n) is 13.2. The molecule has 1 amide bonds. The van der Waals surface area contributed by atoms with Crippen LogP contribution in [0.3, 0.4) is 0 Å². The number of nitrogens with zero attached hydrogens (tertiary/aromatic N) is 3. The molecule has 0 N–H and O–H groups in total. The van der Waals surface area contributed by atoms with Gasteiger partial charge in [-0.2, -0.15) is 0 Å². The van der Waals surface area contributed by atoms with Crippen LogP contribution in [0.1, 0.15) is 58.0 Å². The summed E-state index contributed by atoms with van der Waals surface area (Å²) in [6, 6.07) is 1.78. The summed E-state index contributed by atoms with van der Waals surface area (Å²) >= 11 is 6.05. The van der Waals surface area contributed by atoms with Gasteiger partial charge in [0.1, 0.15) is 16.6 Å². The molecule has 0 aliphatic carbocycles. The average Bonchev–Trinajstić information content (AvgIpc) is 2.23. The molecule has 21 heavy (non-hydrogen) atoms. The van der Waals surface area contributed by atoms with E-state index in [2.05, 4.69) is 9.97 Å². The van der Waals surface area contributed by atoms with Crippen molar-refractivity contribution in [3.05, 3.63) is 22.7 Å². The summed E-state index contributed by atoms with van der Waals surface area (Å²) in [5.74, 6) is 1.17. The second-order valence-electron chi connectivity index (χ2n) is 6.71. The van der Waals surface area contributed by atoms with Crippen LogP contribution in [0, 0.1) is 0 Å². The summed E-state index contributed by atoms with van der Waals surface area (Å²) < 4.78 is 5.34. The molecular weight excluding hydrogens is 290 g/mol. The van der Waals surface area contributed by atoms with E-state index in [0.717, 1.165) is 11.5 Å². The predicted octanol–water partition coefficient (Wildman–Crippen LogP) is 3.59. The Hall–Kier alpha value is -1.36. The largest absolute Gasteiger partial charge is 0.444 e. The standard InChI is InChI=1S/C15H22ClN3O2/c1-9(2)13-17-11(6-12(16)18-13)10-7-19(8-10)14(20)21-15(3,4)5/h6,9-10H,7-8H2,1-5H3. The minimum Gasteiger partial charge on any atom is -0.444 e. The Balaban J connectivity index is 2.00. The summed E-state index contributed by atoms with van der Waals surface area (Å²) in [5, 5.41) is 0.458. The smallest absolute Gasteiger partial charge is 0.410 e. The molecule has 1 aliphatic heterocycles. The van der Waals surface area contributed by atoms with Crippen LogP contribution < -0.4 is 0 Å². The second kappa shape index (κ2) is 5.79. The average molecular weight is 312 g/mol. The van der Waals surface area contributed by atoms with E-state index in [1.807, 2.05) is 34.6 Å². The lowest BCUT2D eigenvalue weighted by Crippen LogP contribution is -2.50. The molecule has 0 atom stereocenters. The van der Waals surface area contributed by atoms with E-state index in [4.69, 9.17) is 16.3 Å². The van der Waals surface area contributed by atoms with E-state index >= 15 is 0 Å². The maximum Gasteiger partial charge on any atom is 0.410 e. The Morgan fingerprint density at radius 2 is 2.00 bits per heavy atom. The van der Waals surface area contributed by atoms with Crippen molar-refractivity contribution in [1.82, 2.24) is 14.9 Å². The van der Waals surface area contributed by atoms with Gasteiger partial charge in [-0.15, -0.1) is 0 Å². The minimum absolute atomic E-state index is 0.204. The summed E-state index contributed by atoms with van der Waals surface area (Å²) in [4.78, 5) is 22.4. The molecule has 0 aromatic carbocycles. The van der Waals surface area contributed by atoms with Gasteiger partial charge in [-0.1, -0.05) is 25.4 Å². The number of hydrogen-bond acceptors (Lipinski definition) is 4. The Bertz CT molecular complexity index is 534. The number of rotatable bonds is 2. The number of aromatic nitrogens is 2. The molecule has 0 saturated carbocycles. The van der Waals surface area contributed by atoms with Gasteiger partial charge in [-0.3, -0.25) is 0 Å². The topological polar surface area (TPSA) is 55.3 Å². The number of carbonyl (C=O) groups is 1. The van der Waals surface area contributed by atoms with Crippen molar-refractivity contribution in [1.29, 1.82) is 0 Å². The summed E-state index contributed by atoms with van der Waals surface area (Å²) in [7, 11) is 0. The van der Waals surface area contributed by atoms with Crippen molar-refractivity contribution in [2.75, 3.05) is 13.1 Å². The van der Waals surface area contributed by atoms with Gasteiger partial charge in [0.2, 0.25) is 0 Å². The molecule has 0 radical (unpaired) electrons. The van der Waals surface area contributed by atoms with Crippen LogP contribution in [0.25, 0.3) is 0 Å². The van der Waals surface area contributed by atoms with Crippen molar-refractivity contribution in [2.24, 2.45) is 0 Å². The molecule has 2 rings (SSSR count). The summed E-state index contributed by atoms with van der Waals surface area (Å²) in [6.45, 7) is 10.9. The Kier molecular flexibility index (Phi) is 4.42. The molecule has 6 heteroatoms. The quantitative estimate of drug-likeness (QED) is 0.783. The second-order valence-corrected chi connectivity index (χ2v) is 7.10. The van der Waals surface area contributed by atoms with Gasteiger partial charge >= 0.3 is 6.09 Å². The summed E-state index contributed by atoms with van der Waals surface area (Å²) in [6.07, 6.45) is -0.275. The van der Waals surface area contributed by atoms with Crippen molar-refractivity contribution in [2.45, 2.75) is 52.1 Å². The Morgan fingerprint density at radius 3 is 2.52 bits per heavy atom. The third-order valence-electron chi connectivity index (χ3n) is 3.20. The molecule has 1 fully saturated rings.